The lowest BCUT2D eigenvalue weighted by Crippen LogP contribution is -2.46. The van der Waals surface area contributed by atoms with Crippen molar-refractivity contribution in [3.63, 3.8) is 0 Å². The van der Waals surface area contributed by atoms with Crippen LogP contribution < -0.4 is 10.2 Å². The molecule has 34 heavy (non-hydrogen) atoms. The van der Waals surface area contributed by atoms with Crippen molar-refractivity contribution in [3.05, 3.63) is 106 Å². The molecule has 0 radical (unpaired) electrons. The first-order valence-electron chi connectivity index (χ1n) is 10.6. The molecule has 8 heteroatoms. The third-order valence-electron chi connectivity index (χ3n) is 5.76. The highest BCUT2D eigenvalue weighted by atomic mass is 35.5. The second kappa shape index (κ2) is 9.00. The van der Waals surface area contributed by atoms with Crippen LogP contribution in [0.2, 0.25) is 5.02 Å². The average molecular weight is 491 g/mol. The number of benzene rings is 3. The Morgan fingerprint density at radius 3 is 2.56 bits per heavy atom. The van der Waals surface area contributed by atoms with Crippen LogP contribution in [0.4, 0.5) is 10.1 Å². The Morgan fingerprint density at radius 2 is 1.82 bits per heavy atom. The van der Waals surface area contributed by atoms with Gasteiger partial charge in [-0.2, -0.15) is 4.98 Å². The van der Waals surface area contributed by atoms with Gasteiger partial charge in [0.2, 0.25) is 5.82 Å². The molecule has 3 aromatic carbocycles. The van der Waals surface area contributed by atoms with E-state index >= 15 is 0 Å². The van der Waals surface area contributed by atoms with Crippen molar-refractivity contribution < 1.29 is 8.91 Å². The summed E-state index contributed by atoms with van der Waals surface area (Å²) < 4.78 is 19.5. The highest BCUT2D eigenvalue weighted by Crippen LogP contribution is 2.39. The predicted molar refractivity (Wildman–Crippen MR) is 136 cm³/mol. The van der Waals surface area contributed by atoms with Crippen molar-refractivity contribution in [3.8, 4) is 11.4 Å². The summed E-state index contributed by atoms with van der Waals surface area (Å²) in [5.41, 5.74) is 4.96. The average Bonchev–Trinajstić information content (AvgIpc) is 3.31. The fourth-order valence-electron chi connectivity index (χ4n) is 4.07. The summed E-state index contributed by atoms with van der Waals surface area (Å²) >= 11 is 12.0. The molecule has 1 aromatic heterocycles. The van der Waals surface area contributed by atoms with Crippen LogP contribution in [0.25, 0.3) is 17.0 Å². The number of allylic oxidation sites excluding steroid dienone is 1. The molecule has 0 saturated heterocycles. The quantitative estimate of drug-likeness (QED) is 0.321. The highest BCUT2D eigenvalue weighted by Gasteiger charge is 2.34. The minimum atomic E-state index is -0.365. The van der Waals surface area contributed by atoms with Gasteiger partial charge in [-0.1, -0.05) is 59.2 Å². The van der Waals surface area contributed by atoms with Crippen LogP contribution in [0, 0.1) is 12.7 Å². The second-order valence-corrected chi connectivity index (χ2v) is 8.79. The zero-order chi connectivity index (χ0) is 23.8. The van der Waals surface area contributed by atoms with Gasteiger partial charge in [0.05, 0.1) is 11.6 Å². The number of thiocarbonyl (C=S) groups is 1. The first-order valence-corrected chi connectivity index (χ1v) is 11.4. The Kier molecular flexibility index (Phi) is 5.89. The maximum absolute atomic E-state index is 13.8. The molecule has 0 fully saturated rings. The molecule has 1 unspecified atom stereocenters. The van der Waals surface area contributed by atoms with Gasteiger partial charge in [-0.3, -0.25) is 4.90 Å². The minimum Gasteiger partial charge on any atom is -0.351 e. The first-order chi connectivity index (χ1) is 16.4. The van der Waals surface area contributed by atoms with E-state index in [1.165, 1.54) is 12.1 Å². The van der Waals surface area contributed by atoms with E-state index in [1.54, 1.807) is 12.1 Å². The number of aryl methyl sites for hydroxylation is 1. The third-order valence-corrected chi connectivity index (χ3v) is 6.48. The van der Waals surface area contributed by atoms with Gasteiger partial charge in [0.25, 0.3) is 5.89 Å². The maximum atomic E-state index is 13.8. The highest BCUT2D eigenvalue weighted by molar-refractivity contribution is 7.80. The topological polar surface area (TPSA) is 54.2 Å². The van der Waals surface area contributed by atoms with Crippen LogP contribution in [-0.4, -0.2) is 15.3 Å². The maximum Gasteiger partial charge on any atom is 0.258 e. The Bertz CT molecular complexity index is 1420. The van der Waals surface area contributed by atoms with Gasteiger partial charge in [-0.05, 0) is 67.5 Å². The number of hydrogen-bond donors (Lipinski definition) is 1. The van der Waals surface area contributed by atoms with E-state index in [-0.39, 0.29) is 11.9 Å². The Balaban J connectivity index is 1.66. The van der Waals surface area contributed by atoms with Crippen molar-refractivity contribution >= 4 is 40.2 Å². The predicted octanol–water partition coefficient (Wildman–Crippen LogP) is 6.70. The normalized spacial score (nSPS) is 16.1. The number of halogens is 2. The van der Waals surface area contributed by atoms with E-state index in [2.05, 4.69) is 15.5 Å². The van der Waals surface area contributed by atoms with Crippen molar-refractivity contribution in [2.45, 2.75) is 19.9 Å². The summed E-state index contributed by atoms with van der Waals surface area (Å²) in [5, 5.41) is 8.78. The lowest BCUT2D eigenvalue weighted by molar-refractivity contribution is 0.404. The standard InChI is InChI=1S/C26H20ClFN4OS/c1-15-13-20(11-12-21(15)27)32-16(2)22(23(29-26(32)34)17-7-4-3-5-8-17)25-30-24(31-33-25)18-9-6-10-19(28)14-18/h3-14,23H,1-2H3,(H,29,34). The number of hydrogen-bond acceptors (Lipinski definition) is 4. The van der Waals surface area contributed by atoms with E-state index in [4.69, 9.17) is 28.3 Å². The molecule has 1 N–H and O–H groups in total. The molecule has 0 bridgehead atoms. The molecule has 170 valence electrons. The largest absolute Gasteiger partial charge is 0.351 e. The Morgan fingerprint density at radius 1 is 1.03 bits per heavy atom. The summed E-state index contributed by atoms with van der Waals surface area (Å²) in [4.78, 5) is 6.55. The molecule has 5 nitrogen and oxygen atoms in total. The third kappa shape index (κ3) is 4.08. The van der Waals surface area contributed by atoms with Gasteiger partial charge in [-0.25, -0.2) is 4.39 Å². The van der Waals surface area contributed by atoms with E-state index in [0.717, 1.165) is 28.1 Å². The fraction of sp³-hybridized carbons (Fsp3) is 0.115. The second-order valence-electron chi connectivity index (χ2n) is 7.99. The molecular formula is C26H20ClFN4OS. The van der Waals surface area contributed by atoms with Crippen LogP contribution in [0.3, 0.4) is 0 Å². The van der Waals surface area contributed by atoms with Gasteiger partial charge in [0.1, 0.15) is 5.82 Å². The molecule has 1 aliphatic rings. The number of anilines is 1. The summed E-state index contributed by atoms with van der Waals surface area (Å²) in [7, 11) is 0. The smallest absolute Gasteiger partial charge is 0.258 e. The molecular weight excluding hydrogens is 471 g/mol. The van der Waals surface area contributed by atoms with E-state index < -0.39 is 0 Å². The van der Waals surface area contributed by atoms with Gasteiger partial charge < -0.3 is 9.84 Å². The van der Waals surface area contributed by atoms with E-state index in [1.807, 2.05) is 67.3 Å². The van der Waals surface area contributed by atoms with Gasteiger partial charge in [-0.15, -0.1) is 0 Å². The summed E-state index contributed by atoms with van der Waals surface area (Å²) in [6, 6.07) is 21.5. The van der Waals surface area contributed by atoms with E-state index in [9.17, 15) is 4.39 Å². The fourth-order valence-corrected chi connectivity index (χ4v) is 4.55. The SMILES string of the molecule is CC1=C(c2nc(-c3cccc(F)c3)no2)C(c2ccccc2)NC(=S)N1c1ccc(Cl)c(C)c1. The Labute approximate surface area is 206 Å². The summed E-state index contributed by atoms with van der Waals surface area (Å²) in [5.74, 6) is 0.273. The van der Waals surface area contributed by atoms with Crippen LogP contribution >= 0.6 is 23.8 Å². The molecule has 0 spiro atoms. The van der Waals surface area contributed by atoms with Gasteiger partial charge in [0.15, 0.2) is 5.11 Å². The van der Waals surface area contributed by atoms with E-state index in [0.29, 0.717) is 27.4 Å². The van der Waals surface area contributed by atoms with Crippen LogP contribution in [0.5, 0.6) is 0 Å². The van der Waals surface area contributed by atoms with Gasteiger partial charge >= 0.3 is 0 Å². The van der Waals surface area contributed by atoms with Crippen LogP contribution in [0.1, 0.15) is 30.0 Å². The number of rotatable bonds is 4. The molecule has 5 rings (SSSR count). The molecule has 2 heterocycles. The molecule has 0 saturated carbocycles. The van der Waals surface area contributed by atoms with Crippen molar-refractivity contribution in [1.29, 1.82) is 0 Å². The molecule has 0 aliphatic carbocycles. The van der Waals surface area contributed by atoms with Crippen LogP contribution in [0.15, 0.2) is 83.0 Å². The number of nitrogens with zero attached hydrogens (tertiary/aromatic N) is 3. The summed E-state index contributed by atoms with van der Waals surface area (Å²) in [6.45, 7) is 3.91. The van der Waals surface area contributed by atoms with Crippen molar-refractivity contribution in [1.82, 2.24) is 15.5 Å². The zero-order valence-corrected chi connectivity index (χ0v) is 20.0. The number of nitrogens with one attached hydrogen (secondary N) is 1. The lowest BCUT2D eigenvalue weighted by atomic mass is 9.94. The number of aromatic nitrogens is 2. The van der Waals surface area contributed by atoms with Gasteiger partial charge in [0, 0.05) is 22.0 Å². The monoisotopic (exact) mass is 490 g/mol. The molecule has 4 aromatic rings. The zero-order valence-electron chi connectivity index (χ0n) is 18.4. The Hall–Kier alpha value is -3.55. The molecule has 0 amide bonds. The molecule has 1 atom stereocenters. The lowest BCUT2D eigenvalue weighted by Gasteiger charge is -2.37. The van der Waals surface area contributed by atoms with Crippen molar-refractivity contribution in [2.24, 2.45) is 0 Å². The molecule has 1 aliphatic heterocycles. The first kappa shape index (κ1) is 22.3. The minimum absolute atomic E-state index is 0.306. The van der Waals surface area contributed by atoms with Crippen molar-refractivity contribution in [2.75, 3.05) is 4.90 Å². The summed E-state index contributed by atoms with van der Waals surface area (Å²) in [6.07, 6.45) is 0. The van der Waals surface area contributed by atoms with Crippen LogP contribution in [-0.2, 0) is 0 Å².